The molecule has 0 unspecified atom stereocenters. The molecule has 0 fully saturated rings. The maximum absolute atomic E-state index is 2.33. The highest BCUT2D eigenvalue weighted by molar-refractivity contribution is 6.43. The first-order valence-corrected chi connectivity index (χ1v) is 4.00. The SMILES string of the molecule is [B](C1C=CC=C1)C1C=CC=C1. The molecule has 0 atom stereocenters. The highest BCUT2D eigenvalue weighted by atomic mass is 14.0. The van der Waals surface area contributed by atoms with Crippen LogP contribution in [0, 0.1) is 0 Å². The van der Waals surface area contributed by atoms with E-state index in [0.29, 0.717) is 11.6 Å². The standard InChI is InChI=1S/C10H10B/c1-2-6-9(5-1)11-10-7-3-4-8-10/h1-10H. The molecular weight excluding hydrogens is 131 g/mol. The second-order valence-electron chi connectivity index (χ2n) is 2.89. The van der Waals surface area contributed by atoms with Crippen LogP contribution >= 0.6 is 0 Å². The quantitative estimate of drug-likeness (QED) is 0.518. The van der Waals surface area contributed by atoms with Crippen molar-refractivity contribution in [3.63, 3.8) is 0 Å². The van der Waals surface area contributed by atoms with Crippen LogP contribution in [0.4, 0.5) is 0 Å². The van der Waals surface area contributed by atoms with Crippen molar-refractivity contribution in [1.29, 1.82) is 0 Å². The highest BCUT2D eigenvalue weighted by Gasteiger charge is 2.12. The molecule has 2 aliphatic carbocycles. The Kier molecular flexibility index (Phi) is 1.80. The molecule has 2 aliphatic rings. The van der Waals surface area contributed by atoms with Crippen molar-refractivity contribution in [3.8, 4) is 0 Å². The summed E-state index contributed by atoms with van der Waals surface area (Å²) in [5.74, 6) is 1.10. The molecule has 11 heavy (non-hydrogen) atoms. The molecule has 0 aliphatic heterocycles. The van der Waals surface area contributed by atoms with Gasteiger partial charge < -0.3 is 0 Å². The maximum atomic E-state index is 2.33. The molecule has 0 aromatic rings. The zero-order valence-corrected chi connectivity index (χ0v) is 6.35. The van der Waals surface area contributed by atoms with E-state index in [1.807, 2.05) is 0 Å². The Morgan fingerprint density at radius 2 is 1.00 bits per heavy atom. The summed E-state index contributed by atoms with van der Waals surface area (Å²) in [6.07, 6.45) is 17.2. The van der Waals surface area contributed by atoms with E-state index >= 15 is 0 Å². The molecule has 2 rings (SSSR count). The molecule has 0 aromatic heterocycles. The van der Waals surface area contributed by atoms with Gasteiger partial charge in [-0.25, -0.2) is 0 Å². The van der Waals surface area contributed by atoms with Gasteiger partial charge in [0.05, 0.1) is 0 Å². The lowest BCUT2D eigenvalue weighted by molar-refractivity contribution is 1.28. The van der Waals surface area contributed by atoms with Crippen LogP contribution in [0.15, 0.2) is 48.6 Å². The van der Waals surface area contributed by atoms with Gasteiger partial charge in [-0.05, 0) is 11.6 Å². The Morgan fingerprint density at radius 1 is 0.636 bits per heavy atom. The third kappa shape index (κ3) is 1.54. The summed E-state index contributed by atoms with van der Waals surface area (Å²) >= 11 is 0. The fraction of sp³-hybridized carbons (Fsp3) is 0.200. The predicted octanol–water partition coefficient (Wildman–Crippen LogP) is 2.52. The minimum Gasteiger partial charge on any atom is -0.0856 e. The number of allylic oxidation sites excluding steroid dienone is 8. The second-order valence-corrected chi connectivity index (χ2v) is 2.89. The average molecular weight is 141 g/mol. The van der Waals surface area contributed by atoms with Crippen molar-refractivity contribution >= 4 is 7.28 Å². The molecule has 0 amide bonds. The molecule has 0 heterocycles. The topological polar surface area (TPSA) is 0 Å². The fourth-order valence-corrected chi connectivity index (χ4v) is 1.41. The largest absolute Gasteiger partial charge is 0.138 e. The summed E-state index contributed by atoms with van der Waals surface area (Å²) in [5, 5.41) is 0. The van der Waals surface area contributed by atoms with Crippen LogP contribution in [0.3, 0.4) is 0 Å². The molecule has 0 saturated heterocycles. The average Bonchev–Trinajstić information content (AvgIpc) is 2.60. The van der Waals surface area contributed by atoms with Crippen LogP contribution in [0.25, 0.3) is 0 Å². The zero-order valence-electron chi connectivity index (χ0n) is 6.35. The van der Waals surface area contributed by atoms with Crippen molar-refractivity contribution in [1.82, 2.24) is 0 Å². The minimum atomic E-state index is 0.549. The molecule has 1 heteroatoms. The molecular formula is C10H10B. The predicted molar refractivity (Wildman–Crippen MR) is 49.8 cm³/mol. The van der Waals surface area contributed by atoms with Gasteiger partial charge in [0.25, 0.3) is 0 Å². The Balaban J connectivity index is 1.90. The van der Waals surface area contributed by atoms with Gasteiger partial charge in [0.2, 0.25) is 0 Å². The zero-order chi connectivity index (χ0) is 7.52. The second kappa shape index (κ2) is 2.95. The van der Waals surface area contributed by atoms with Crippen LogP contribution in [0.5, 0.6) is 0 Å². The molecule has 53 valence electrons. The Labute approximate surface area is 68.2 Å². The number of rotatable bonds is 2. The summed E-state index contributed by atoms with van der Waals surface area (Å²) in [6, 6.07) is 0. The lowest BCUT2D eigenvalue weighted by Crippen LogP contribution is -2.01. The Bertz CT molecular complexity index is 196. The van der Waals surface area contributed by atoms with Crippen molar-refractivity contribution in [2.75, 3.05) is 0 Å². The van der Waals surface area contributed by atoms with Gasteiger partial charge in [0.15, 0.2) is 0 Å². The van der Waals surface area contributed by atoms with Gasteiger partial charge in [-0.3, -0.25) is 0 Å². The van der Waals surface area contributed by atoms with Crippen molar-refractivity contribution < 1.29 is 0 Å². The Hall–Kier alpha value is -0.975. The smallest absolute Gasteiger partial charge is 0.0856 e. The van der Waals surface area contributed by atoms with Crippen LogP contribution in [-0.2, 0) is 0 Å². The third-order valence-corrected chi connectivity index (χ3v) is 2.00. The summed E-state index contributed by atoms with van der Waals surface area (Å²) in [5.41, 5.74) is 0. The van der Waals surface area contributed by atoms with Crippen molar-refractivity contribution in [2.45, 2.75) is 11.6 Å². The summed E-state index contributed by atoms with van der Waals surface area (Å²) < 4.78 is 0. The Morgan fingerprint density at radius 3 is 1.36 bits per heavy atom. The molecule has 0 spiro atoms. The first-order chi connectivity index (χ1) is 5.45. The van der Waals surface area contributed by atoms with Crippen LogP contribution in [0.1, 0.15) is 0 Å². The lowest BCUT2D eigenvalue weighted by Gasteiger charge is -2.05. The van der Waals surface area contributed by atoms with Gasteiger partial charge in [0, 0.05) is 0 Å². The molecule has 0 nitrogen and oxygen atoms in total. The van der Waals surface area contributed by atoms with Gasteiger partial charge >= 0.3 is 0 Å². The van der Waals surface area contributed by atoms with Gasteiger partial charge in [-0.1, -0.05) is 48.6 Å². The molecule has 0 saturated carbocycles. The first kappa shape index (κ1) is 6.72. The van der Waals surface area contributed by atoms with Gasteiger partial charge in [-0.15, -0.1) is 0 Å². The van der Waals surface area contributed by atoms with E-state index in [0.717, 1.165) is 0 Å². The van der Waals surface area contributed by atoms with Crippen molar-refractivity contribution in [3.05, 3.63) is 48.6 Å². The number of hydrogen-bond donors (Lipinski definition) is 0. The maximum Gasteiger partial charge on any atom is 0.138 e. The van der Waals surface area contributed by atoms with Crippen molar-refractivity contribution in [2.24, 2.45) is 0 Å². The molecule has 0 bridgehead atoms. The molecule has 0 aromatic carbocycles. The first-order valence-electron chi connectivity index (χ1n) is 4.00. The lowest BCUT2D eigenvalue weighted by atomic mass is 9.56. The third-order valence-electron chi connectivity index (χ3n) is 2.00. The van der Waals surface area contributed by atoms with E-state index in [2.05, 4.69) is 55.9 Å². The molecule has 1 radical (unpaired) electrons. The van der Waals surface area contributed by atoms with Crippen LogP contribution in [-0.4, -0.2) is 7.28 Å². The van der Waals surface area contributed by atoms with E-state index < -0.39 is 0 Å². The van der Waals surface area contributed by atoms with E-state index in [4.69, 9.17) is 0 Å². The van der Waals surface area contributed by atoms with E-state index in [-0.39, 0.29) is 0 Å². The highest BCUT2D eigenvalue weighted by Crippen LogP contribution is 2.23. The van der Waals surface area contributed by atoms with E-state index in [9.17, 15) is 0 Å². The monoisotopic (exact) mass is 141 g/mol. The number of hydrogen-bond acceptors (Lipinski definition) is 0. The fourth-order valence-electron chi connectivity index (χ4n) is 1.41. The van der Waals surface area contributed by atoms with Gasteiger partial charge in [0.1, 0.15) is 7.28 Å². The summed E-state index contributed by atoms with van der Waals surface area (Å²) in [6.45, 7) is 0. The summed E-state index contributed by atoms with van der Waals surface area (Å²) in [7, 11) is 2.33. The van der Waals surface area contributed by atoms with Gasteiger partial charge in [-0.2, -0.15) is 0 Å². The van der Waals surface area contributed by atoms with E-state index in [1.54, 1.807) is 0 Å². The normalized spacial score (nSPS) is 22.2. The summed E-state index contributed by atoms with van der Waals surface area (Å²) in [4.78, 5) is 0. The molecule has 0 N–H and O–H groups in total. The van der Waals surface area contributed by atoms with Crippen LogP contribution in [0.2, 0.25) is 11.6 Å². The minimum absolute atomic E-state index is 0.549. The van der Waals surface area contributed by atoms with Crippen LogP contribution < -0.4 is 0 Å². The van der Waals surface area contributed by atoms with E-state index in [1.165, 1.54) is 0 Å².